The van der Waals surface area contributed by atoms with Gasteiger partial charge in [0.1, 0.15) is 0 Å². The normalized spacial score (nSPS) is 10.4. The van der Waals surface area contributed by atoms with Crippen LogP contribution < -0.4 is 10.6 Å². The van der Waals surface area contributed by atoms with E-state index < -0.39 is 35.2 Å². The summed E-state index contributed by atoms with van der Waals surface area (Å²) in [6, 6.07) is 7.36. The minimum atomic E-state index is -2.50. The topological polar surface area (TPSA) is 119 Å². The van der Waals surface area contributed by atoms with Gasteiger partial charge in [0, 0.05) is 26.3 Å². The minimum absolute atomic E-state index is 0.00676. The van der Waals surface area contributed by atoms with E-state index in [0.717, 1.165) is 20.8 Å². The molecule has 0 saturated carbocycles. The summed E-state index contributed by atoms with van der Waals surface area (Å²) < 4.78 is 4.98. The smallest absolute Gasteiger partial charge is 0.304 e. The van der Waals surface area contributed by atoms with E-state index in [1.54, 1.807) is 6.07 Å². The highest BCUT2D eigenvalue weighted by Gasteiger charge is 2.52. The van der Waals surface area contributed by atoms with Gasteiger partial charge in [-0.15, -0.1) is 0 Å². The lowest BCUT2D eigenvalue weighted by atomic mass is 9.91. The third-order valence-electron chi connectivity index (χ3n) is 2.70. The Hall–Kier alpha value is -3.03. The molecule has 0 saturated heterocycles. The van der Waals surface area contributed by atoms with Crippen LogP contribution in [0.4, 0.5) is 0 Å². The molecule has 0 radical (unpaired) electrons. The Morgan fingerprint density at radius 3 is 1.61 bits per heavy atom. The average Bonchev–Trinajstić information content (AvgIpc) is 2.43. The zero-order chi connectivity index (χ0) is 17.6. The summed E-state index contributed by atoms with van der Waals surface area (Å²) >= 11 is 0. The predicted molar refractivity (Wildman–Crippen MR) is 77.5 cm³/mol. The van der Waals surface area contributed by atoms with E-state index >= 15 is 0 Å². The van der Waals surface area contributed by atoms with Crippen molar-refractivity contribution >= 4 is 29.6 Å². The van der Waals surface area contributed by atoms with Gasteiger partial charge in [-0.1, -0.05) is 30.3 Å². The van der Waals surface area contributed by atoms with Gasteiger partial charge in [-0.2, -0.15) is 0 Å². The molecule has 0 heterocycles. The Balaban J connectivity index is 3.53. The van der Waals surface area contributed by atoms with Crippen molar-refractivity contribution in [3.63, 3.8) is 0 Å². The second-order valence-electron chi connectivity index (χ2n) is 4.66. The molecule has 4 amide bonds. The molecule has 1 aromatic carbocycles. The van der Waals surface area contributed by atoms with Crippen molar-refractivity contribution in [3.05, 3.63) is 35.9 Å². The maximum atomic E-state index is 12.5. The van der Waals surface area contributed by atoms with Crippen LogP contribution in [-0.2, 0) is 34.3 Å². The molecule has 1 aromatic rings. The highest BCUT2D eigenvalue weighted by molar-refractivity contribution is 6.17. The number of carbonyl (C=O) groups excluding carboxylic acids is 5. The van der Waals surface area contributed by atoms with Crippen molar-refractivity contribution in [1.29, 1.82) is 0 Å². The van der Waals surface area contributed by atoms with Gasteiger partial charge in [0.25, 0.3) is 17.4 Å². The second-order valence-corrected chi connectivity index (χ2v) is 4.66. The number of amides is 4. The molecule has 0 atom stereocenters. The van der Waals surface area contributed by atoms with E-state index in [9.17, 15) is 24.0 Å². The molecular formula is C15H16N2O6. The molecule has 8 heteroatoms. The van der Waals surface area contributed by atoms with Crippen LogP contribution in [0.1, 0.15) is 26.3 Å². The van der Waals surface area contributed by atoms with Gasteiger partial charge in [0.2, 0.25) is 11.8 Å². The number of carbonyl (C=O) groups is 5. The van der Waals surface area contributed by atoms with Crippen LogP contribution in [0.5, 0.6) is 0 Å². The van der Waals surface area contributed by atoms with Crippen molar-refractivity contribution in [1.82, 2.24) is 10.6 Å². The summed E-state index contributed by atoms with van der Waals surface area (Å²) in [6.07, 6.45) is 0. The average molecular weight is 320 g/mol. The van der Waals surface area contributed by atoms with Gasteiger partial charge in [0.05, 0.1) is 0 Å². The van der Waals surface area contributed by atoms with Gasteiger partial charge >= 0.3 is 5.97 Å². The van der Waals surface area contributed by atoms with Crippen LogP contribution in [0.25, 0.3) is 0 Å². The first kappa shape index (κ1) is 18.0. The fourth-order valence-electron chi connectivity index (χ4n) is 1.90. The third-order valence-corrected chi connectivity index (χ3v) is 2.70. The third kappa shape index (κ3) is 4.22. The van der Waals surface area contributed by atoms with E-state index in [2.05, 4.69) is 0 Å². The van der Waals surface area contributed by atoms with Crippen molar-refractivity contribution in [3.8, 4) is 0 Å². The van der Waals surface area contributed by atoms with Gasteiger partial charge < -0.3 is 4.74 Å². The predicted octanol–water partition coefficient (Wildman–Crippen LogP) is -0.230. The largest absolute Gasteiger partial charge is 0.434 e. The maximum absolute atomic E-state index is 12.5. The van der Waals surface area contributed by atoms with E-state index in [0.29, 0.717) is 0 Å². The lowest BCUT2D eigenvalue weighted by Crippen LogP contribution is -2.58. The number of ether oxygens (including phenoxy) is 1. The number of esters is 1. The van der Waals surface area contributed by atoms with Crippen molar-refractivity contribution in [2.24, 2.45) is 0 Å². The number of hydrogen-bond acceptors (Lipinski definition) is 6. The highest BCUT2D eigenvalue weighted by Crippen LogP contribution is 2.27. The molecule has 0 aliphatic heterocycles. The van der Waals surface area contributed by atoms with Gasteiger partial charge in [0.15, 0.2) is 0 Å². The molecule has 0 bridgehead atoms. The standard InChI is InChI=1S/C15H16N2O6/c1-9(18)16-13(21)15(23-11(3)20,14(22)17-10(2)19)12-7-5-4-6-8-12/h4-8H,1-3H3,(H,16,18,21)(H,17,19,22). The lowest BCUT2D eigenvalue weighted by molar-refractivity contribution is -0.176. The molecular weight excluding hydrogens is 304 g/mol. The summed E-state index contributed by atoms with van der Waals surface area (Å²) in [7, 11) is 0. The quantitative estimate of drug-likeness (QED) is 0.584. The summed E-state index contributed by atoms with van der Waals surface area (Å²) in [5.41, 5.74) is -2.50. The first-order valence-electron chi connectivity index (χ1n) is 6.59. The molecule has 0 unspecified atom stereocenters. The summed E-state index contributed by atoms with van der Waals surface area (Å²) in [5.74, 6) is -4.79. The van der Waals surface area contributed by atoms with Crippen LogP contribution in [-0.4, -0.2) is 29.6 Å². The van der Waals surface area contributed by atoms with E-state index in [4.69, 9.17) is 4.74 Å². The fraction of sp³-hybridized carbons (Fsp3) is 0.267. The summed E-state index contributed by atoms with van der Waals surface area (Å²) in [4.78, 5) is 58.8. The van der Waals surface area contributed by atoms with Crippen molar-refractivity contribution in [2.45, 2.75) is 26.4 Å². The van der Waals surface area contributed by atoms with E-state index in [-0.39, 0.29) is 5.56 Å². The first-order chi connectivity index (χ1) is 10.7. The van der Waals surface area contributed by atoms with Crippen LogP contribution in [0, 0.1) is 0 Å². The van der Waals surface area contributed by atoms with E-state index in [1.165, 1.54) is 24.3 Å². The Morgan fingerprint density at radius 2 is 1.26 bits per heavy atom. The van der Waals surface area contributed by atoms with Gasteiger partial charge in [-0.05, 0) is 0 Å². The van der Waals surface area contributed by atoms with Crippen molar-refractivity contribution in [2.75, 3.05) is 0 Å². The number of rotatable bonds is 4. The molecule has 23 heavy (non-hydrogen) atoms. The van der Waals surface area contributed by atoms with Crippen LogP contribution in [0.15, 0.2) is 30.3 Å². The summed E-state index contributed by atoms with van der Waals surface area (Å²) in [5, 5.41) is 3.83. The SMILES string of the molecule is CC(=O)NC(=O)C(OC(C)=O)(C(=O)NC(C)=O)c1ccccc1. The molecule has 2 N–H and O–H groups in total. The second kappa shape index (κ2) is 7.30. The Kier molecular flexibility index (Phi) is 5.72. The molecule has 0 fully saturated rings. The Morgan fingerprint density at radius 1 is 0.826 bits per heavy atom. The molecule has 8 nitrogen and oxygen atoms in total. The maximum Gasteiger partial charge on any atom is 0.304 e. The van der Waals surface area contributed by atoms with Crippen LogP contribution >= 0.6 is 0 Å². The Labute approximate surface area is 132 Å². The molecule has 0 spiro atoms. The van der Waals surface area contributed by atoms with E-state index in [1.807, 2.05) is 10.6 Å². The van der Waals surface area contributed by atoms with Gasteiger partial charge in [-0.25, -0.2) is 0 Å². The monoisotopic (exact) mass is 320 g/mol. The van der Waals surface area contributed by atoms with Crippen molar-refractivity contribution < 1.29 is 28.7 Å². The molecule has 122 valence electrons. The highest BCUT2D eigenvalue weighted by atomic mass is 16.6. The molecule has 1 rings (SSSR count). The molecule has 0 aliphatic carbocycles. The zero-order valence-corrected chi connectivity index (χ0v) is 12.8. The number of benzene rings is 1. The number of imide groups is 2. The summed E-state index contributed by atoms with van der Waals surface area (Å²) in [6.45, 7) is 3.12. The number of nitrogens with one attached hydrogen (secondary N) is 2. The fourth-order valence-corrected chi connectivity index (χ4v) is 1.90. The lowest BCUT2D eigenvalue weighted by Gasteiger charge is -2.29. The first-order valence-corrected chi connectivity index (χ1v) is 6.59. The van der Waals surface area contributed by atoms with Crippen LogP contribution in [0.2, 0.25) is 0 Å². The molecule has 0 aromatic heterocycles. The van der Waals surface area contributed by atoms with Crippen LogP contribution in [0.3, 0.4) is 0 Å². The zero-order valence-electron chi connectivity index (χ0n) is 12.8. The van der Waals surface area contributed by atoms with Gasteiger partial charge in [-0.3, -0.25) is 34.6 Å². The number of hydrogen-bond donors (Lipinski definition) is 2. The minimum Gasteiger partial charge on any atom is -0.434 e. The Bertz CT molecular complexity index is 625. The molecule has 0 aliphatic rings.